The molecule has 0 aliphatic carbocycles. The molecule has 0 unspecified atom stereocenters. The molecule has 19 heteroatoms. The molecular weight excluding hydrogens is 523 g/mol. The first-order valence-corrected chi connectivity index (χ1v) is 12.4. The molecule has 1 heterocycles. The number of carboxylic acids is 1. The van der Waals surface area contributed by atoms with Crippen LogP contribution in [-0.2, 0) is 37.9 Å². The van der Waals surface area contributed by atoms with Gasteiger partial charge < -0.3 is 52.3 Å². The molecule has 1 saturated heterocycles. The molecule has 5 amide bonds. The quantitative estimate of drug-likeness (QED) is 0.0908. The van der Waals surface area contributed by atoms with E-state index in [4.69, 9.17) is 26.4 Å². The van der Waals surface area contributed by atoms with Crippen molar-refractivity contribution in [1.82, 2.24) is 20.9 Å². The molecule has 37 heavy (non-hydrogen) atoms. The molecule has 210 valence electrons. The van der Waals surface area contributed by atoms with Crippen LogP contribution in [0.5, 0.6) is 0 Å². The summed E-state index contributed by atoms with van der Waals surface area (Å²) in [6.07, 6.45) is -0.140. The van der Waals surface area contributed by atoms with Gasteiger partial charge in [0.05, 0.1) is 19.6 Å². The van der Waals surface area contributed by atoms with E-state index in [9.17, 15) is 38.4 Å². The number of phosphoric ester groups is 1. The number of likely N-dealkylation sites (tertiary alicyclic amines) is 1. The number of nitrogens with two attached hydrogens (primary N) is 2. The third kappa shape index (κ3) is 10.4. The van der Waals surface area contributed by atoms with Gasteiger partial charge in [0.15, 0.2) is 0 Å². The minimum atomic E-state index is -5.14. The number of carbonyl (C=O) groups is 6. The zero-order valence-corrected chi connectivity index (χ0v) is 20.6. The predicted octanol–water partition coefficient (Wildman–Crippen LogP) is -5.16. The maximum absolute atomic E-state index is 12.8. The number of primary amides is 1. The lowest BCUT2D eigenvalue weighted by Gasteiger charge is -2.27. The molecule has 0 aromatic carbocycles. The van der Waals surface area contributed by atoms with Gasteiger partial charge in [0, 0.05) is 6.54 Å². The highest BCUT2D eigenvalue weighted by atomic mass is 31.2. The van der Waals surface area contributed by atoms with Crippen molar-refractivity contribution in [2.75, 3.05) is 19.8 Å². The van der Waals surface area contributed by atoms with Crippen LogP contribution in [0.4, 0.5) is 0 Å². The van der Waals surface area contributed by atoms with Gasteiger partial charge in [-0.25, -0.2) is 9.36 Å². The lowest BCUT2D eigenvalue weighted by molar-refractivity contribution is -0.149. The standard InChI is InChI=1S/C18H31N6O12P/c1-8(17(30)24-4-2-3-12(24)18(31)32)21-16(29)11(7-36-37(33,34)35)23-15(28)10(5-13(20)26)22-14(27)9(19)6-25/h8-12,25H,2-7,19H2,1H3,(H2,20,26)(H,21,29)(H,22,27)(H,23,28)(H,31,32)(H2,33,34,35)/t8-,9-,10-,11-,12-/m0/s1. The van der Waals surface area contributed by atoms with E-state index in [0.29, 0.717) is 6.42 Å². The second-order valence-electron chi connectivity index (χ2n) is 8.13. The highest BCUT2D eigenvalue weighted by Gasteiger charge is 2.37. The van der Waals surface area contributed by atoms with Crippen molar-refractivity contribution in [3.8, 4) is 0 Å². The Hall–Kier alpha value is -3.15. The molecule has 1 aliphatic rings. The Morgan fingerprint density at radius 3 is 2.14 bits per heavy atom. The smallest absolute Gasteiger partial charge is 0.469 e. The van der Waals surface area contributed by atoms with Gasteiger partial charge in [0.25, 0.3) is 0 Å². The summed E-state index contributed by atoms with van der Waals surface area (Å²) in [7, 11) is -5.14. The number of aliphatic carboxylic acids is 1. The van der Waals surface area contributed by atoms with Crippen LogP contribution in [0.15, 0.2) is 0 Å². The van der Waals surface area contributed by atoms with E-state index in [0.717, 1.165) is 4.90 Å². The van der Waals surface area contributed by atoms with Crippen LogP contribution < -0.4 is 27.4 Å². The minimum Gasteiger partial charge on any atom is -0.480 e. The number of nitrogens with zero attached hydrogens (tertiary/aromatic N) is 1. The van der Waals surface area contributed by atoms with Crippen molar-refractivity contribution in [2.45, 2.75) is 56.4 Å². The number of hydrogen-bond acceptors (Lipinski definition) is 10. The fraction of sp³-hybridized carbons (Fsp3) is 0.667. The minimum absolute atomic E-state index is 0.127. The SMILES string of the molecule is C[C@H](NC(=O)[C@H](COP(=O)(O)O)NC(=O)[C@H](CC(N)=O)NC(=O)[C@@H](N)CO)C(=O)N1CCC[C@H]1C(=O)O. The van der Waals surface area contributed by atoms with Crippen LogP contribution in [0.2, 0.25) is 0 Å². The summed E-state index contributed by atoms with van der Waals surface area (Å²) in [4.78, 5) is 91.8. The van der Waals surface area contributed by atoms with Crippen LogP contribution in [0.1, 0.15) is 26.2 Å². The maximum Gasteiger partial charge on any atom is 0.469 e. The zero-order valence-electron chi connectivity index (χ0n) is 19.7. The maximum atomic E-state index is 12.8. The van der Waals surface area contributed by atoms with E-state index in [1.165, 1.54) is 6.92 Å². The molecule has 0 saturated carbocycles. The van der Waals surface area contributed by atoms with Crippen molar-refractivity contribution in [3.05, 3.63) is 0 Å². The number of rotatable bonds is 14. The first-order valence-electron chi connectivity index (χ1n) is 10.9. The molecule has 1 aliphatic heterocycles. The number of aliphatic hydroxyl groups is 1. The predicted molar refractivity (Wildman–Crippen MR) is 121 cm³/mol. The topological polar surface area (TPSA) is 301 Å². The molecule has 0 bridgehead atoms. The third-order valence-corrected chi connectivity index (χ3v) is 5.65. The van der Waals surface area contributed by atoms with Gasteiger partial charge in [-0.1, -0.05) is 0 Å². The average Bonchev–Trinajstić information content (AvgIpc) is 3.29. The molecule has 0 spiro atoms. The van der Waals surface area contributed by atoms with Gasteiger partial charge >= 0.3 is 13.8 Å². The highest BCUT2D eigenvalue weighted by molar-refractivity contribution is 7.46. The van der Waals surface area contributed by atoms with Crippen molar-refractivity contribution in [1.29, 1.82) is 0 Å². The number of carbonyl (C=O) groups excluding carboxylic acids is 5. The highest BCUT2D eigenvalue weighted by Crippen LogP contribution is 2.35. The number of hydrogen-bond donors (Lipinski definition) is 9. The summed E-state index contributed by atoms with van der Waals surface area (Å²) in [5.41, 5.74) is 10.4. The number of nitrogens with one attached hydrogen (secondary N) is 3. The van der Waals surface area contributed by atoms with E-state index in [1.54, 1.807) is 0 Å². The fourth-order valence-corrected chi connectivity index (χ4v) is 3.65. The van der Waals surface area contributed by atoms with Gasteiger partial charge in [-0.15, -0.1) is 0 Å². The van der Waals surface area contributed by atoms with Crippen molar-refractivity contribution in [2.24, 2.45) is 11.5 Å². The van der Waals surface area contributed by atoms with Crippen LogP contribution in [0.25, 0.3) is 0 Å². The number of phosphoric acid groups is 1. The van der Waals surface area contributed by atoms with Gasteiger partial charge in [0.2, 0.25) is 29.5 Å². The summed E-state index contributed by atoms with van der Waals surface area (Å²) in [5, 5.41) is 24.5. The van der Waals surface area contributed by atoms with Gasteiger partial charge in [0.1, 0.15) is 30.2 Å². The van der Waals surface area contributed by atoms with Crippen molar-refractivity contribution < 1.29 is 57.9 Å². The molecule has 0 aromatic rings. The lowest BCUT2D eigenvalue weighted by atomic mass is 10.1. The molecule has 11 N–H and O–H groups in total. The Labute approximate surface area is 210 Å². The largest absolute Gasteiger partial charge is 0.480 e. The van der Waals surface area contributed by atoms with E-state index in [1.807, 2.05) is 10.6 Å². The number of carboxylic acid groups (broad SMARTS) is 1. The summed E-state index contributed by atoms with van der Waals surface area (Å²) in [6.45, 7) is -0.546. The second kappa shape index (κ2) is 14.0. The Kier molecular flexibility index (Phi) is 12.0. The van der Waals surface area contributed by atoms with Gasteiger partial charge in [-0.3, -0.25) is 28.5 Å². The summed E-state index contributed by atoms with van der Waals surface area (Å²) >= 11 is 0. The third-order valence-electron chi connectivity index (χ3n) is 5.16. The first kappa shape index (κ1) is 31.9. The monoisotopic (exact) mass is 554 g/mol. The molecule has 5 atom stereocenters. The molecule has 0 radical (unpaired) electrons. The van der Waals surface area contributed by atoms with Crippen LogP contribution >= 0.6 is 7.82 Å². The van der Waals surface area contributed by atoms with E-state index in [-0.39, 0.29) is 13.0 Å². The molecular formula is C18H31N6O12P. The summed E-state index contributed by atoms with van der Waals surface area (Å²) < 4.78 is 15.4. The van der Waals surface area contributed by atoms with E-state index in [2.05, 4.69) is 9.84 Å². The van der Waals surface area contributed by atoms with Crippen molar-refractivity contribution >= 4 is 43.3 Å². The molecule has 18 nitrogen and oxygen atoms in total. The summed E-state index contributed by atoms with van der Waals surface area (Å²) in [6, 6.07) is -7.43. The van der Waals surface area contributed by atoms with Crippen LogP contribution in [0, 0.1) is 0 Å². The second-order valence-corrected chi connectivity index (χ2v) is 9.37. The number of amides is 5. The fourth-order valence-electron chi connectivity index (χ4n) is 3.31. The molecule has 1 rings (SSSR count). The average molecular weight is 554 g/mol. The van der Waals surface area contributed by atoms with Crippen LogP contribution in [0.3, 0.4) is 0 Å². The Morgan fingerprint density at radius 2 is 1.62 bits per heavy atom. The Morgan fingerprint density at radius 1 is 1.05 bits per heavy atom. The first-order chi connectivity index (χ1) is 17.1. The molecule has 0 aromatic heterocycles. The van der Waals surface area contributed by atoms with Gasteiger partial charge in [-0.05, 0) is 19.8 Å². The van der Waals surface area contributed by atoms with Crippen LogP contribution in [-0.4, -0.2) is 110 Å². The zero-order chi connectivity index (χ0) is 28.5. The normalized spacial score (nSPS) is 18.7. The molecule has 1 fully saturated rings. The summed E-state index contributed by atoms with van der Waals surface area (Å²) in [5.74, 6) is -6.46. The van der Waals surface area contributed by atoms with E-state index < -0.39 is 93.2 Å². The lowest BCUT2D eigenvalue weighted by Crippen LogP contribution is -2.59. The Balaban J connectivity index is 3.04. The Bertz CT molecular complexity index is 942. The number of aliphatic hydroxyl groups excluding tert-OH is 1. The van der Waals surface area contributed by atoms with Gasteiger partial charge in [-0.2, -0.15) is 0 Å². The van der Waals surface area contributed by atoms with E-state index >= 15 is 0 Å². The van der Waals surface area contributed by atoms with Crippen molar-refractivity contribution in [3.63, 3.8) is 0 Å².